The molecule has 0 aliphatic rings. The Labute approximate surface area is 120 Å². The highest BCUT2D eigenvalue weighted by molar-refractivity contribution is 9.10. The number of carbonyl (C=O) groups excluding carboxylic acids is 1. The number of anilines is 1. The van der Waals surface area contributed by atoms with Crippen molar-refractivity contribution in [3.63, 3.8) is 0 Å². The number of hydrogen-bond donors (Lipinski definition) is 1. The molecule has 1 N–H and O–H groups in total. The van der Waals surface area contributed by atoms with Gasteiger partial charge in [-0.25, -0.2) is 4.79 Å². The van der Waals surface area contributed by atoms with Crippen molar-refractivity contribution in [2.24, 2.45) is 0 Å². The predicted molar refractivity (Wildman–Crippen MR) is 79.3 cm³/mol. The van der Waals surface area contributed by atoms with Gasteiger partial charge in [-0.2, -0.15) is 0 Å². The third kappa shape index (κ3) is 3.58. The van der Waals surface area contributed by atoms with Crippen LogP contribution in [0.2, 0.25) is 0 Å². The van der Waals surface area contributed by atoms with Crippen LogP contribution in [0.5, 0.6) is 0 Å². The van der Waals surface area contributed by atoms with Crippen LogP contribution in [-0.2, 0) is 11.3 Å². The second kappa shape index (κ2) is 6.38. The van der Waals surface area contributed by atoms with Crippen molar-refractivity contribution in [3.8, 4) is 0 Å². The predicted octanol–water partition coefficient (Wildman–Crippen LogP) is 3.85. The van der Waals surface area contributed by atoms with Crippen LogP contribution < -0.4 is 5.32 Å². The first-order valence-corrected chi connectivity index (χ1v) is 6.65. The number of carbonyl (C=O) groups is 1. The van der Waals surface area contributed by atoms with Crippen molar-refractivity contribution in [3.05, 3.63) is 64.1 Å². The van der Waals surface area contributed by atoms with Gasteiger partial charge in [0.15, 0.2) is 0 Å². The lowest BCUT2D eigenvalue weighted by atomic mass is 10.1. The first-order chi connectivity index (χ1) is 9.20. The van der Waals surface area contributed by atoms with E-state index in [2.05, 4.69) is 26.0 Å². The van der Waals surface area contributed by atoms with Crippen LogP contribution >= 0.6 is 15.9 Å². The zero-order valence-corrected chi connectivity index (χ0v) is 12.1. The number of nitrogens with one attached hydrogen (secondary N) is 1. The van der Waals surface area contributed by atoms with Crippen LogP contribution in [0.4, 0.5) is 5.69 Å². The van der Waals surface area contributed by atoms with Gasteiger partial charge in [0.2, 0.25) is 0 Å². The Morgan fingerprint density at radius 3 is 2.47 bits per heavy atom. The van der Waals surface area contributed by atoms with E-state index in [1.54, 1.807) is 12.1 Å². The maximum Gasteiger partial charge on any atom is 0.337 e. The summed E-state index contributed by atoms with van der Waals surface area (Å²) in [6, 6.07) is 15.3. The van der Waals surface area contributed by atoms with Crippen LogP contribution in [-0.4, -0.2) is 13.1 Å². The van der Waals surface area contributed by atoms with Crippen LogP contribution in [0, 0.1) is 0 Å². The zero-order chi connectivity index (χ0) is 13.7. The van der Waals surface area contributed by atoms with Gasteiger partial charge >= 0.3 is 5.97 Å². The molecule has 0 aliphatic heterocycles. The second-order valence-corrected chi connectivity index (χ2v) is 4.88. The van der Waals surface area contributed by atoms with Gasteiger partial charge in [0.05, 0.1) is 12.7 Å². The van der Waals surface area contributed by atoms with Gasteiger partial charge in [0.1, 0.15) is 0 Å². The number of para-hydroxylation sites is 1. The van der Waals surface area contributed by atoms with E-state index in [1.807, 2.05) is 36.4 Å². The van der Waals surface area contributed by atoms with E-state index >= 15 is 0 Å². The molecular formula is C15H14BrNO2. The Bertz CT molecular complexity index is 567. The number of halogens is 1. The molecule has 0 aliphatic carbocycles. The summed E-state index contributed by atoms with van der Waals surface area (Å²) in [5.74, 6) is -0.315. The molecule has 0 heterocycles. The largest absolute Gasteiger partial charge is 0.465 e. The van der Waals surface area contributed by atoms with E-state index in [0.29, 0.717) is 12.1 Å². The van der Waals surface area contributed by atoms with E-state index in [-0.39, 0.29) is 5.97 Å². The quantitative estimate of drug-likeness (QED) is 0.870. The standard InChI is InChI=1S/C15H14BrNO2/c1-19-15(18)12-8-6-11(7-9-12)10-17-14-5-3-2-4-13(14)16/h2-9,17H,10H2,1H3. The molecular weight excluding hydrogens is 306 g/mol. The van der Waals surface area contributed by atoms with Crippen molar-refractivity contribution >= 4 is 27.6 Å². The molecule has 0 aromatic heterocycles. The Hall–Kier alpha value is -1.81. The van der Waals surface area contributed by atoms with E-state index in [1.165, 1.54) is 7.11 Å². The lowest BCUT2D eigenvalue weighted by Gasteiger charge is -2.08. The van der Waals surface area contributed by atoms with Gasteiger partial charge in [-0.1, -0.05) is 24.3 Å². The molecule has 2 aromatic carbocycles. The highest BCUT2D eigenvalue weighted by Gasteiger charge is 2.04. The van der Waals surface area contributed by atoms with E-state index in [9.17, 15) is 4.79 Å². The number of rotatable bonds is 4. The summed E-state index contributed by atoms with van der Waals surface area (Å²) in [6.07, 6.45) is 0. The molecule has 4 heteroatoms. The van der Waals surface area contributed by atoms with Gasteiger partial charge in [-0.15, -0.1) is 0 Å². The van der Waals surface area contributed by atoms with E-state index < -0.39 is 0 Å². The first-order valence-electron chi connectivity index (χ1n) is 5.86. The van der Waals surface area contributed by atoms with Crippen LogP contribution in [0.15, 0.2) is 53.0 Å². The second-order valence-electron chi connectivity index (χ2n) is 4.02. The summed E-state index contributed by atoms with van der Waals surface area (Å²) in [5.41, 5.74) is 2.70. The fraction of sp³-hybridized carbons (Fsp3) is 0.133. The number of methoxy groups -OCH3 is 1. The molecule has 0 bridgehead atoms. The first kappa shape index (κ1) is 13.6. The molecule has 0 saturated carbocycles. The molecule has 0 spiro atoms. The van der Waals surface area contributed by atoms with Crippen molar-refractivity contribution in [1.82, 2.24) is 0 Å². The lowest BCUT2D eigenvalue weighted by Crippen LogP contribution is -2.03. The Kier molecular flexibility index (Phi) is 4.58. The summed E-state index contributed by atoms with van der Waals surface area (Å²) < 4.78 is 5.69. The third-order valence-electron chi connectivity index (χ3n) is 2.73. The van der Waals surface area contributed by atoms with Crippen molar-refractivity contribution in [2.45, 2.75) is 6.54 Å². The van der Waals surface area contributed by atoms with Gasteiger partial charge < -0.3 is 10.1 Å². The molecule has 0 fully saturated rings. The van der Waals surface area contributed by atoms with Crippen molar-refractivity contribution in [1.29, 1.82) is 0 Å². The lowest BCUT2D eigenvalue weighted by molar-refractivity contribution is 0.0600. The maximum absolute atomic E-state index is 11.3. The summed E-state index contributed by atoms with van der Waals surface area (Å²) in [6.45, 7) is 0.698. The molecule has 3 nitrogen and oxygen atoms in total. The van der Waals surface area contributed by atoms with Crippen LogP contribution in [0.1, 0.15) is 15.9 Å². The topological polar surface area (TPSA) is 38.3 Å². The fourth-order valence-corrected chi connectivity index (χ4v) is 2.10. The van der Waals surface area contributed by atoms with Crippen molar-refractivity contribution in [2.75, 3.05) is 12.4 Å². The van der Waals surface area contributed by atoms with Crippen LogP contribution in [0.25, 0.3) is 0 Å². The minimum Gasteiger partial charge on any atom is -0.465 e. The average Bonchev–Trinajstić information content (AvgIpc) is 2.46. The van der Waals surface area contributed by atoms with Gasteiger partial charge in [0.25, 0.3) is 0 Å². The number of hydrogen-bond acceptors (Lipinski definition) is 3. The molecule has 0 atom stereocenters. The Morgan fingerprint density at radius 2 is 1.84 bits per heavy atom. The number of esters is 1. The smallest absolute Gasteiger partial charge is 0.337 e. The SMILES string of the molecule is COC(=O)c1ccc(CNc2ccccc2Br)cc1. The summed E-state index contributed by atoms with van der Waals surface area (Å²) in [4.78, 5) is 11.3. The number of ether oxygens (including phenoxy) is 1. The monoisotopic (exact) mass is 319 g/mol. The average molecular weight is 320 g/mol. The summed E-state index contributed by atoms with van der Waals surface area (Å²) >= 11 is 3.49. The van der Waals surface area contributed by atoms with Gasteiger partial charge in [-0.05, 0) is 45.8 Å². The molecule has 0 amide bonds. The van der Waals surface area contributed by atoms with Crippen molar-refractivity contribution < 1.29 is 9.53 Å². The summed E-state index contributed by atoms with van der Waals surface area (Å²) in [5, 5.41) is 3.33. The Morgan fingerprint density at radius 1 is 1.16 bits per heavy atom. The minimum atomic E-state index is -0.315. The maximum atomic E-state index is 11.3. The van der Waals surface area contributed by atoms with Crippen LogP contribution in [0.3, 0.4) is 0 Å². The molecule has 98 valence electrons. The molecule has 0 unspecified atom stereocenters. The normalized spacial score (nSPS) is 10.0. The van der Waals surface area contributed by atoms with E-state index in [0.717, 1.165) is 15.7 Å². The molecule has 0 saturated heterocycles. The molecule has 0 radical (unpaired) electrons. The summed E-state index contributed by atoms with van der Waals surface area (Å²) in [7, 11) is 1.38. The molecule has 2 aromatic rings. The van der Waals surface area contributed by atoms with Gasteiger partial charge in [0, 0.05) is 16.7 Å². The molecule has 2 rings (SSSR count). The Balaban J connectivity index is 2.01. The molecule has 19 heavy (non-hydrogen) atoms. The van der Waals surface area contributed by atoms with E-state index in [4.69, 9.17) is 0 Å². The highest BCUT2D eigenvalue weighted by Crippen LogP contribution is 2.21. The number of benzene rings is 2. The third-order valence-corrected chi connectivity index (χ3v) is 3.42. The minimum absolute atomic E-state index is 0.315. The zero-order valence-electron chi connectivity index (χ0n) is 10.5. The van der Waals surface area contributed by atoms with Gasteiger partial charge in [-0.3, -0.25) is 0 Å². The fourth-order valence-electron chi connectivity index (χ4n) is 1.68. The highest BCUT2D eigenvalue weighted by atomic mass is 79.9.